The molecule has 3 N–H and O–H groups in total. The van der Waals surface area contributed by atoms with E-state index in [1.807, 2.05) is 18.3 Å². The maximum atomic E-state index is 14.9. The standard InChI is InChI=1S/C32H39FN6O2S.C11H11FN2O2/c1-3-37(2)42-36-29-12-10-27(33)30(26(29)20-34)41-24-9-11-28-25(17-24)31(40)39(21-35-28)23-18-32(19-23)13-15-38(16-14-32)22-7-5-4-6-8-22;12-7-2-1-3-8(6-7)13-9-4-5-10(15)14-11(9)16/h9-12,17,21-23,36H,3-8,13-16,18-19H2,1-2H3;1-3,6,9,13H,4-5H2,(H,14,15,16). The molecule has 0 radical (unpaired) electrons. The highest BCUT2D eigenvalue weighted by atomic mass is 32.2. The van der Waals surface area contributed by atoms with E-state index in [0.29, 0.717) is 40.5 Å². The molecular formula is C43H50F2N8O4S. The minimum Gasteiger partial charge on any atom is -0.453 e. The molecule has 4 fully saturated rings. The molecule has 1 unspecified atom stereocenters. The Morgan fingerprint density at radius 2 is 1.79 bits per heavy atom. The Labute approximate surface area is 341 Å². The maximum absolute atomic E-state index is 14.9. The predicted molar refractivity (Wildman–Crippen MR) is 221 cm³/mol. The molecule has 2 aliphatic heterocycles. The predicted octanol–water partition coefficient (Wildman–Crippen LogP) is 7.92. The van der Waals surface area contributed by atoms with Crippen LogP contribution in [-0.2, 0) is 9.59 Å². The Kier molecular flexibility index (Phi) is 13.0. The van der Waals surface area contributed by atoms with Gasteiger partial charge in [0.1, 0.15) is 29.2 Å². The lowest BCUT2D eigenvalue weighted by atomic mass is 9.60. The molecule has 3 heterocycles. The lowest BCUT2D eigenvalue weighted by molar-refractivity contribution is -0.133. The number of halogens is 2. The van der Waals surface area contributed by atoms with Crippen LogP contribution >= 0.6 is 12.1 Å². The summed E-state index contributed by atoms with van der Waals surface area (Å²) in [5, 5.41) is 15.4. The minimum absolute atomic E-state index is 0.0602. The smallest absolute Gasteiger partial charge is 0.261 e. The van der Waals surface area contributed by atoms with Gasteiger partial charge in [-0.3, -0.25) is 24.3 Å². The van der Waals surface area contributed by atoms with Gasteiger partial charge in [-0.05, 0) is 119 Å². The molecule has 1 aromatic heterocycles. The van der Waals surface area contributed by atoms with Gasteiger partial charge in [0, 0.05) is 42.9 Å². The average Bonchev–Trinajstić information content (AvgIpc) is 3.22. The number of fused-ring (bicyclic) bond motifs is 1. The van der Waals surface area contributed by atoms with Crippen LogP contribution in [0.15, 0.2) is 65.7 Å². The van der Waals surface area contributed by atoms with Crippen LogP contribution in [0, 0.1) is 28.4 Å². The molecule has 0 bridgehead atoms. The van der Waals surface area contributed by atoms with Gasteiger partial charge in [-0.2, -0.15) is 5.26 Å². The van der Waals surface area contributed by atoms with E-state index in [2.05, 4.69) is 31.3 Å². The molecule has 2 amide bonds. The third-order valence-electron chi connectivity index (χ3n) is 12.0. The zero-order valence-corrected chi connectivity index (χ0v) is 33.8. The quantitative estimate of drug-likeness (QED) is 0.106. The summed E-state index contributed by atoms with van der Waals surface area (Å²) in [4.78, 5) is 43.2. The number of anilines is 2. The summed E-state index contributed by atoms with van der Waals surface area (Å²) in [6.07, 6.45) is 13.7. The summed E-state index contributed by atoms with van der Waals surface area (Å²) in [6, 6.07) is 16.1. The van der Waals surface area contributed by atoms with E-state index in [0.717, 1.165) is 25.4 Å². The molecule has 4 aliphatic rings. The zero-order chi connectivity index (χ0) is 40.8. The number of ether oxygens (including phenoxy) is 1. The van der Waals surface area contributed by atoms with Crippen molar-refractivity contribution in [3.63, 3.8) is 0 Å². The van der Waals surface area contributed by atoms with Gasteiger partial charge in [0.15, 0.2) is 11.6 Å². The van der Waals surface area contributed by atoms with Crippen molar-refractivity contribution in [2.24, 2.45) is 5.41 Å². The summed E-state index contributed by atoms with van der Waals surface area (Å²) in [6.45, 7) is 5.14. The van der Waals surface area contributed by atoms with Gasteiger partial charge >= 0.3 is 0 Å². The number of benzene rings is 3. The van der Waals surface area contributed by atoms with Crippen LogP contribution in [0.2, 0.25) is 0 Å². The number of imide groups is 1. The third kappa shape index (κ3) is 9.46. The first-order valence-electron chi connectivity index (χ1n) is 20.2. The topological polar surface area (TPSA) is 145 Å². The van der Waals surface area contributed by atoms with Gasteiger partial charge in [-0.15, -0.1) is 0 Å². The van der Waals surface area contributed by atoms with Gasteiger partial charge < -0.3 is 19.7 Å². The molecule has 58 heavy (non-hydrogen) atoms. The number of likely N-dealkylation sites (tertiary alicyclic amines) is 1. The SMILES string of the molecule is CCN(C)SNc1ccc(F)c(Oc2ccc3ncn(C4CC5(CCN(C6CCCCC6)CC5)C4)c(=O)c3c2)c1C#N.O=C1CCC(Nc2cccc(F)c2)C(=O)N1. The zero-order valence-electron chi connectivity index (χ0n) is 32.9. The molecule has 306 valence electrons. The number of carbonyl (C=O) groups excluding carboxylic acids is 2. The summed E-state index contributed by atoms with van der Waals surface area (Å²) in [5.74, 6) is -1.53. The fourth-order valence-electron chi connectivity index (χ4n) is 8.57. The summed E-state index contributed by atoms with van der Waals surface area (Å²) in [7, 11) is 1.91. The molecule has 12 nitrogen and oxygen atoms in total. The Morgan fingerprint density at radius 1 is 1.02 bits per heavy atom. The number of rotatable bonds is 10. The highest BCUT2D eigenvalue weighted by Gasteiger charge is 2.47. The van der Waals surface area contributed by atoms with Gasteiger partial charge in [0.2, 0.25) is 11.8 Å². The number of nitriles is 1. The molecule has 2 saturated heterocycles. The van der Waals surface area contributed by atoms with Crippen molar-refractivity contribution in [1.29, 1.82) is 5.26 Å². The van der Waals surface area contributed by atoms with Crippen LogP contribution in [0.4, 0.5) is 20.2 Å². The van der Waals surface area contributed by atoms with Crippen molar-refractivity contribution in [3.8, 4) is 17.6 Å². The maximum Gasteiger partial charge on any atom is 0.261 e. The Morgan fingerprint density at radius 3 is 2.50 bits per heavy atom. The highest BCUT2D eigenvalue weighted by Crippen LogP contribution is 2.54. The Balaban J connectivity index is 0.000000267. The monoisotopic (exact) mass is 812 g/mol. The van der Waals surface area contributed by atoms with Crippen molar-refractivity contribution in [2.45, 2.75) is 95.7 Å². The molecule has 1 atom stereocenters. The minimum atomic E-state index is -0.649. The normalized spacial score (nSPS) is 19.8. The van der Waals surface area contributed by atoms with E-state index in [4.69, 9.17) is 4.74 Å². The number of piperidine rings is 2. The van der Waals surface area contributed by atoms with Crippen LogP contribution in [0.1, 0.15) is 89.2 Å². The van der Waals surface area contributed by atoms with Crippen molar-refractivity contribution >= 4 is 46.2 Å². The van der Waals surface area contributed by atoms with Crippen LogP contribution in [-0.4, -0.2) is 69.3 Å². The summed E-state index contributed by atoms with van der Waals surface area (Å²) >= 11 is 1.31. The molecule has 2 saturated carbocycles. The van der Waals surface area contributed by atoms with Crippen LogP contribution < -0.4 is 25.7 Å². The summed E-state index contributed by atoms with van der Waals surface area (Å²) in [5.41, 5.74) is 1.84. The Hall–Kier alpha value is -5.04. The first-order chi connectivity index (χ1) is 28.0. The van der Waals surface area contributed by atoms with Gasteiger partial charge in [-0.1, -0.05) is 32.3 Å². The van der Waals surface area contributed by atoms with Crippen LogP contribution in [0.25, 0.3) is 10.9 Å². The number of nitrogens with zero attached hydrogens (tertiary/aromatic N) is 5. The van der Waals surface area contributed by atoms with Crippen LogP contribution in [0.5, 0.6) is 11.5 Å². The van der Waals surface area contributed by atoms with Crippen molar-refractivity contribution in [1.82, 2.24) is 24.1 Å². The first-order valence-corrected chi connectivity index (χ1v) is 21.0. The second-order valence-corrected chi connectivity index (χ2v) is 16.8. The van der Waals surface area contributed by atoms with Crippen molar-refractivity contribution in [3.05, 3.63) is 88.5 Å². The second kappa shape index (κ2) is 18.3. The van der Waals surface area contributed by atoms with Crippen molar-refractivity contribution in [2.75, 3.05) is 36.7 Å². The number of nitrogens with one attached hydrogen (secondary N) is 3. The van der Waals surface area contributed by atoms with E-state index in [-0.39, 0.29) is 46.3 Å². The van der Waals surface area contributed by atoms with Gasteiger partial charge in [-0.25, -0.2) is 18.1 Å². The third-order valence-corrected chi connectivity index (χ3v) is 12.9. The fourth-order valence-corrected chi connectivity index (χ4v) is 9.12. The van der Waals surface area contributed by atoms with E-state index in [1.165, 1.54) is 94.4 Å². The largest absolute Gasteiger partial charge is 0.453 e. The van der Waals surface area contributed by atoms with Crippen LogP contribution in [0.3, 0.4) is 0 Å². The molecule has 3 aromatic carbocycles. The lowest BCUT2D eigenvalue weighted by Gasteiger charge is -2.53. The van der Waals surface area contributed by atoms with E-state index < -0.39 is 11.9 Å². The van der Waals surface area contributed by atoms with E-state index in [1.54, 1.807) is 41.2 Å². The van der Waals surface area contributed by atoms with E-state index in [9.17, 15) is 28.4 Å². The number of amides is 2. The average molecular weight is 813 g/mol. The number of aromatic nitrogens is 2. The highest BCUT2D eigenvalue weighted by molar-refractivity contribution is 7.98. The Bertz CT molecular complexity index is 2230. The lowest BCUT2D eigenvalue weighted by Crippen LogP contribution is -2.51. The molecule has 2 aliphatic carbocycles. The first kappa shape index (κ1) is 41.1. The fraction of sp³-hybridized carbons (Fsp3) is 0.465. The molecule has 1 spiro atoms. The molecule has 15 heteroatoms. The van der Waals surface area contributed by atoms with E-state index >= 15 is 0 Å². The van der Waals surface area contributed by atoms with Gasteiger partial charge in [0.05, 0.1) is 22.9 Å². The second-order valence-electron chi connectivity index (χ2n) is 15.8. The number of hydrogen-bond acceptors (Lipinski definition) is 11. The molecule has 8 rings (SSSR count). The molecular weight excluding hydrogens is 763 g/mol. The number of hydrogen-bond donors (Lipinski definition) is 3. The molecule has 4 aromatic rings. The number of carbonyl (C=O) groups is 2. The summed E-state index contributed by atoms with van der Waals surface area (Å²) < 4.78 is 40.5. The van der Waals surface area contributed by atoms with Gasteiger partial charge in [0.25, 0.3) is 5.56 Å². The van der Waals surface area contributed by atoms with Crippen molar-refractivity contribution < 1.29 is 23.1 Å².